The highest BCUT2D eigenvalue weighted by Gasteiger charge is 2.29. The molecule has 0 aromatic rings. The summed E-state index contributed by atoms with van der Waals surface area (Å²) in [7, 11) is 0. The molecule has 4 aliphatic rings. The number of carboxylic acid groups (broad SMARTS) is 1. The SMILES string of the molecule is O=C(O)C1CSC(SCCN2C(=O)CC[C@@H]2/C=C/CCCCC2=CC3C=CC=CC3C=C2)=N1. The zero-order chi connectivity index (χ0) is 23.0. The van der Waals surface area contributed by atoms with Gasteiger partial charge in [-0.05, 0) is 32.1 Å². The number of unbranched alkanes of at least 4 members (excludes halogenated alkanes) is 2. The smallest absolute Gasteiger partial charge is 0.329 e. The van der Waals surface area contributed by atoms with Gasteiger partial charge in [0.1, 0.15) is 4.38 Å². The Hall–Kier alpha value is -1.99. The number of aliphatic carboxylic acids is 1. The zero-order valence-corrected chi connectivity index (χ0v) is 20.5. The number of carboxylic acids is 1. The molecule has 1 saturated heterocycles. The predicted octanol–water partition coefficient (Wildman–Crippen LogP) is 5.24. The molecule has 33 heavy (non-hydrogen) atoms. The highest BCUT2D eigenvalue weighted by Crippen LogP contribution is 2.30. The third-order valence-electron chi connectivity index (χ3n) is 6.45. The Bertz CT molecular complexity index is 918. The standard InChI is InChI=1S/C26H32N2O3S2/c29-24-14-13-22(28(24)15-16-32-26-27-23(18-33-26)25(30)31)10-4-2-1-3-7-19-11-12-20-8-5-6-9-21(20)17-19/h4-6,8-12,17,20-23H,1-3,7,13-16,18H2,(H,30,31)/b10-4+/t20?,21?,22-,23?/m0/s1. The van der Waals surface area contributed by atoms with E-state index in [9.17, 15) is 9.59 Å². The average Bonchev–Trinajstić information content (AvgIpc) is 3.43. The van der Waals surface area contributed by atoms with Crippen LogP contribution in [0.25, 0.3) is 0 Å². The summed E-state index contributed by atoms with van der Waals surface area (Å²) in [5, 5.41) is 9.04. The lowest BCUT2D eigenvalue weighted by molar-refractivity contribution is -0.137. The van der Waals surface area contributed by atoms with Gasteiger partial charge in [-0.3, -0.25) is 9.79 Å². The van der Waals surface area contributed by atoms with Gasteiger partial charge in [0.25, 0.3) is 0 Å². The first kappa shape index (κ1) is 24.1. The molecule has 4 rings (SSSR count). The Balaban J connectivity index is 1.14. The third kappa shape index (κ3) is 6.76. The molecule has 0 aromatic carbocycles. The second-order valence-corrected chi connectivity index (χ2v) is 11.2. The number of carbonyl (C=O) groups excluding carboxylic acids is 1. The molecule has 0 spiro atoms. The topological polar surface area (TPSA) is 70.0 Å². The van der Waals surface area contributed by atoms with Gasteiger partial charge in [0.2, 0.25) is 5.91 Å². The van der Waals surface area contributed by atoms with Gasteiger partial charge in [-0.15, -0.1) is 0 Å². The van der Waals surface area contributed by atoms with Crippen molar-refractivity contribution >= 4 is 39.8 Å². The number of nitrogens with zero attached hydrogens (tertiary/aromatic N) is 2. The van der Waals surface area contributed by atoms with E-state index < -0.39 is 12.0 Å². The monoisotopic (exact) mass is 484 g/mol. The highest BCUT2D eigenvalue weighted by molar-refractivity contribution is 8.39. The van der Waals surface area contributed by atoms with Crippen LogP contribution in [0.15, 0.2) is 65.2 Å². The van der Waals surface area contributed by atoms with Crippen LogP contribution in [0.5, 0.6) is 0 Å². The fourth-order valence-electron chi connectivity index (χ4n) is 4.58. The zero-order valence-electron chi connectivity index (χ0n) is 18.8. The van der Waals surface area contributed by atoms with E-state index in [-0.39, 0.29) is 11.9 Å². The van der Waals surface area contributed by atoms with Crippen LogP contribution >= 0.6 is 23.5 Å². The molecule has 0 radical (unpaired) electrons. The molecule has 1 amide bonds. The number of aliphatic imine (C=N–C) groups is 1. The minimum atomic E-state index is -0.864. The molecular weight excluding hydrogens is 452 g/mol. The number of thioether (sulfide) groups is 2. The number of carbonyl (C=O) groups is 2. The fourth-order valence-corrected chi connectivity index (χ4v) is 6.76. The van der Waals surface area contributed by atoms with Crippen molar-refractivity contribution in [3.63, 3.8) is 0 Å². The predicted molar refractivity (Wildman–Crippen MR) is 139 cm³/mol. The molecule has 176 valence electrons. The summed E-state index contributed by atoms with van der Waals surface area (Å²) in [4.78, 5) is 29.5. The van der Waals surface area contributed by atoms with Crippen LogP contribution in [0.4, 0.5) is 0 Å². The van der Waals surface area contributed by atoms with E-state index >= 15 is 0 Å². The lowest BCUT2D eigenvalue weighted by atomic mass is 9.82. The quantitative estimate of drug-likeness (QED) is 0.339. The Morgan fingerprint density at radius 3 is 2.91 bits per heavy atom. The van der Waals surface area contributed by atoms with Crippen LogP contribution in [0, 0.1) is 11.8 Å². The molecule has 2 aliphatic heterocycles. The second-order valence-electron chi connectivity index (χ2n) is 8.80. The van der Waals surface area contributed by atoms with Gasteiger partial charge in [-0.1, -0.05) is 83.8 Å². The van der Waals surface area contributed by atoms with Gasteiger partial charge < -0.3 is 10.0 Å². The normalized spacial score (nSPS) is 28.5. The van der Waals surface area contributed by atoms with E-state index in [2.05, 4.69) is 59.7 Å². The first-order valence-electron chi connectivity index (χ1n) is 11.9. The molecule has 4 atom stereocenters. The molecule has 1 fully saturated rings. The van der Waals surface area contributed by atoms with E-state index in [0.29, 0.717) is 30.6 Å². The van der Waals surface area contributed by atoms with Crippen LogP contribution in [-0.4, -0.2) is 56.4 Å². The maximum atomic E-state index is 12.3. The molecule has 0 bridgehead atoms. The second kappa shape index (κ2) is 11.9. The summed E-state index contributed by atoms with van der Waals surface area (Å²) in [6, 6.07) is -0.430. The van der Waals surface area contributed by atoms with Crippen LogP contribution in [0.1, 0.15) is 38.5 Å². The van der Waals surface area contributed by atoms with Crippen molar-refractivity contribution in [2.45, 2.75) is 50.6 Å². The van der Waals surface area contributed by atoms with E-state index in [4.69, 9.17) is 5.11 Å². The van der Waals surface area contributed by atoms with Gasteiger partial charge in [0, 0.05) is 36.3 Å². The molecular formula is C26H32N2O3S2. The first-order valence-corrected chi connectivity index (χ1v) is 13.8. The van der Waals surface area contributed by atoms with E-state index in [0.717, 1.165) is 35.8 Å². The van der Waals surface area contributed by atoms with Gasteiger partial charge >= 0.3 is 5.97 Å². The molecule has 3 unspecified atom stereocenters. The van der Waals surface area contributed by atoms with Crippen LogP contribution in [0.2, 0.25) is 0 Å². The van der Waals surface area contributed by atoms with Gasteiger partial charge in [-0.25, -0.2) is 4.79 Å². The molecule has 2 aliphatic carbocycles. The van der Waals surface area contributed by atoms with E-state index in [1.165, 1.54) is 23.8 Å². The number of fused-ring (bicyclic) bond motifs is 1. The Kier molecular flexibility index (Phi) is 8.73. The first-order chi connectivity index (χ1) is 16.1. The summed E-state index contributed by atoms with van der Waals surface area (Å²) in [6.45, 7) is 0.683. The third-order valence-corrected chi connectivity index (χ3v) is 8.73. The van der Waals surface area contributed by atoms with Crippen molar-refractivity contribution in [3.8, 4) is 0 Å². The van der Waals surface area contributed by atoms with Crippen molar-refractivity contribution < 1.29 is 14.7 Å². The summed E-state index contributed by atoms with van der Waals surface area (Å²) in [5.41, 5.74) is 1.45. The van der Waals surface area contributed by atoms with Crippen LogP contribution < -0.4 is 0 Å². The molecule has 7 heteroatoms. The minimum Gasteiger partial charge on any atom is -0.480 e. The number of hydrogen-bond donors (Lipinski definition) is 1. The number of amides is 1. The number of allylic oxidation sites excluding steroid dienone is 9. The van der Waals surface area contributed by atoms with Crippen LogP contribution in [0.3, 0.4) is 0 Å². The summed E-state index contributed by atoms with van der Waals surface area (Å²) in [5.74, 6) is 1.67. The van der Waals surface area contributed by atoms with Gasteiger partial charge in [-0.2, -0.15) is 0 Å². The number of hydrogen-bond acceptors (Lipinski definition) is 5. The van der Waals surface area contributed by atoms with E-state index in [1.54, 1.807) is 11.8 Å². The van der Waals surface area contributed by atoms with E-state index in [1.807, 2.05) is 4.90 Å². The van der Waals surface area contributed by atoms with Gasteiger partial charge in [0.15, 0.2) is 6.04 Å². The van der Waals surface area contributed by atoms with Gasteiger partial charge in [0.05, 0.1) is 6.04 Å². The number of likely N-dealkylation sites (tertiary alicyclic amines) is 1. The summed E-state index contributed by atoms with van der Waals surface area (Å²) < 4.78 is 0.829. The summed E-state index contributed by atoms with van der Waals surface area (Å²) >= 11 is 3.06. The Labute approximate surface area is 204 Å². The number of rotatable bonds is 10. The largest absolute Gasteiger partial charge is 0.480 e. The maximum absolute atomic E-state index is 12.3. The van der Waals surface area contributed by atoms with Crippen molar-refractivity contribution in [3.05, 3.63) is 60.3 Å². The van der Waals surface area contributed by atoms with Crippen molar-refractivity contribution in [1.29, 1.82) is 0 Å². The Morgan fingerprint density at radius 1 is 1.24 bits per heavy atom. The lowest BCUT2D eigenvalue weighted by Crippen LogP contribution is -2.33. The maximum Gasteiger partial charge on any atom is 0.329 e. The van der Waals surface area contributed by atoms with Crippen molar-refractivity contribution in [1.82, 2.24) is 4.90 Å². The highest BCUT2D eigenvalue weighted by atomic mass is 32.2. The van der Waals surface area contributed by atoms with Crippen molar-refractivity contribution in [2.75, 3.05) is 18.1 Å². The minimum absolute atomic E-state index is 0.190. The Morgan fingerprint density at radius 2 is 2.09 bits per heavy atom. The molecule has 2 heterocycles. The molecule has 0 aromatic heterocycles. The fraction of sp³-hybridized carbons (Fsp3) is 0.500. The average molecular weight is 485 g/mol. The van der Waals surface area contributed by atoms with Crippen LogP contribution in [-0.2, 0) is 9.59 Å². The molecule has 1 N–H and O–H groups in total. The molecule has 5 nitrogen and oxygen atoms in total. The van der Waals surface area contributed by atoms with Crippen molar-refractivity contribution in [2.24, 2.45) is 16.8 Å². The summed E-state index contributed by atoms with van der Waals surface area (Å²) in [6.07, 6.45) is 26.3. The lowest BCUT2D eigenvalue weighted by Gasteiger charge is -2.23. The molecule has 0 saturated carbocycles.